The zero-order chi connectivity index (χ0) is 91.9. The van der Waals surface area contributed by atoms with E-state index in [1.165, 1.54) is 60.4 Å². The van der Waals surface area contributed by atoms with Crippen LogP contribution in [0.4, 0.5) is 0 Å². The number of nitrogens with one attached hydrogen (secondary N) is 15. The number of rotatable bonds is 48. The fourth-order valence-corrected chi connectivity index (χ4v) is 13.9. The Hall–Kier alpha value is -12.9. The van der Waals surface area contributed by atoms with Crippen molar-refractivity contribution < 1.29 is 97.1 Å². The molecule has 25 N–H and O–H groups in total. The molecule has 674 valence electrons. The van der Waals surface area contributed by atoms with Crippen molar-refractivity contribution in [2.75, 3.05) is 18.8 Å². The maximum Gasteiger partial charge on any atom is 0.327 e. The monoisotopic (exact) mass is 1740 g/mol. The van der Waals surface area contributed by atoms with E-state index in [0.29, 0.717) is 33.2 Å². The summed E-state index contributed by atoms with van der Waals surface area (Å²) in [7, 11) is 0. The molecule has 1 aliphatic rings. The molecule has 0 radical (unpaired) electrons. The van der Waals surface area contributed by atoms with Crippen LogP contribution in [-0.4, -0.2) is 234 Å². The third kappa shape index (κ3) is 30.6. The van der Waals surface area contributed by atoms with Gasteiger partial charge in [-0.05, 0) is 109 Å². The molecule has 0 aliphatic carbocycles. The number of H-pyrrole nitrogens is 1. The number of guanidine groups is 1. The smallest absolute Gasteiger partial charge is 0.327 e. The first-order valence-electron chi connectivity index (χ1n) is 40.9. The van der Waals surface area contributed by atoms with E-state index in [0.717, 1.165) is 0 Å². The van der Waals surface area contributed by atoms with Crippen molar-refractivity contribution in [1.29, 1.82) is 5.41 Å². The van der Waals surface area contributed by atoms with Crippen LogP contribution in [0, 0.1) is 29.1 Å². The molecule has 1 fully saturated rings. The zero-order valence-electron chi connectivity index (χ0n) is 70.6. The van der Waals surface area contributed by atoms with Crippen LogP contribution in [0.15, 0.2) is 109 Å². The molecule has 14 amide bonds. The summed E-state index contributed by atoms with van der Waals surface area (Å²) in [6, 6.07) is 5.51. The minimum absolute atomic E-state index is 0.00354. The van der Waals surface area contributed by atoms with E-state index < -0.39 is 234 Å². The number of carboxylic acid groups (broad SMARTS) is 2. The third-order valence-corrected chi connectivity index (χ3v) is 21.3. The van der Waals surface area contributed by atoms with Gasteiger partial charge in [0.15, 0.2) is 5.96 Å². The number of para-hydroxylation sites is 1. The van der Waals surface area contributed by atoms with Crippen LogP contribution in [-0.2, 0) is 102 Å². The van der Waals surface area contributed by atoms with Crippen LogP contribution in [0.5, 0.6) is 11.5 Å². The lowest BCUT2D eigenvalue weighted by Gasteiger charge is -2.33. The Balaban J connectivity index is 1.29. The number of likely N-dealkylation sites (tertiary alicyclic amines) is 1. The number of aromatic hydroxyl groups is 2. The normalized spacial score (nSPS) is 15.9. The number of carboxylic acids is 2. The molecule has 0 bridgehead atoms. The quantitative estimate of drug-likeness (QED) is 0.00926. The summed E-state index contributed by atoms with van der Waals surface area (Å²) in [6.07, 6.45) is -1.16. The summed E-state index contributed by atoms with van der Waals surface area (Å²) in [5.41, 5.74) is 19.5. The number of phenols is 2. The van der Waals surface area contributed by atoms with Crippen molar-refractivity contribution >= 4 is 124 Å². The SMILES string of the molecule is CC[C@H](C)[C@H](NC(=O)[C@H](Cc1ccc(O)cc1)NC(=O)[C@H](Cc1ccc(O)cc1)NC(=O)[C@H](CC(N)=O)NC(=O)[C@H](Cc1c[nH]c2ccccc12)NC(=O)[C@@H](NC(=O)[C@H](Cc1ccccc1)NC(=O)[C@@H](NC(=O)[C@H](C)N)C(C)C)C(C)C)C(=O)N[C@H](C(=O)N1CCC[C@H]1C(=O)N[C@@H](CCCNC(=N)N)C(=O)N[C@@H](CC(=O)O)C(=O)N[C@@H](CS)C(=O)O)C(C)C. The Morgan fingerprint density at radius 3 is 1.36 bits per heavy atom. The van der Waals surface area contributed by atoms with Gasteiger partial charge in [-0.15, -0.1) is 0 Å². The number of nitrogens with two attached hydrogens (primary N) is 3. The van der Waals surface area contributed by atoms with Crippen molar-refractivity contribution in [2.45, 2.75) is 218 Å². The fourth-order valence-electron chi connectivity index (χ4n) is 13.7. The van der Waals surface area contributed by atoms with Gasteiger partial charge in [0.05, 0.1) is 18.9 Å². The Morgan fingerprint density at radius 2 is 0.895 bits per heavy atom. The lowest BCUT2D eigenvalue weighted by atomic mass is 9.95. The number of carbonyl (C=O) groups excluding carboxylic acids is 14. The average molecular weight is 1750 g/mol. The first-order chi connectivity index (χ1) is 58.6. The minimum atomic E-state index is -1.93. The summed E-state index contributed by atoms with van der Waals surface area (Å²) >= 11 is 3.92. The third-order valence-electron chi connectivity index (χ3n) is 20.9. The molecule has 39 nitrogen and oxygen atoms in total. The van der Waals surface area contributed by atoms with Gasteiger partial charge in [-0.1, -0.05) is 135 Å². The van der Waals surface area contributed by atoms with E-state index in [-0.39, 0.29) is 76.0 Å². The molecule has 0 unspecified atom stereocenters. The number of carbonyl (C=O) groups is 16. The van der Waals surface area contributed by atoms with Crippen molar-refractivity contribution in [2.24, 2.45) is 40.9 Å². The van der Waals surface area contributed by atoms with Crippen LogP contribution in [0.3, 0.4) is 0 Å². The van der Waals surface area contributed by atoms with Crippen LogP contribution in [0.25, 0.3) is 10.9 Å². The molecule has 1 saturated heterocycles. The fraction of sp³-hybridized carbons (Fsp3) is 0.488. The van der Waals surface area contributed by atoms with Crippen LogP contribution in [0.2, 0.25) is 0 Å². The molecule has 1 aliphatic heterocycles. The number of aliphatic carboxylic acids is 2. The molecule has 6 rings (SSSR count). The molecule has 2 heterocycles. The highest BCUT2D eigenvalue weighted by Gasteiger charge is 2.44. The van der Waals surface area contributed by atoms with Gasteiger partial charge in [-0.25, -0.2) is 4.79 Å². The van der Waals surface area contributed by atoms with Crippen molar-refractivity contribution in [3.63, 3.8) is 0 Å². The van der Waals surface area contributed by atoms with Gasteiger partial charge < -0.3 is 117 Å². The van der Waals surface area contributed by atoms with E-state index in [9.17, 15) is 78.0 Å². The summed E-state index contributed by atoms with van der Waals surface area (Å²) < 4.78 is 0. The van der Waals surface area contributed by atoms with Gasteiger partial charge in [0.2, 0.25) is 82.7 Å². The molecule has 15 atom stereocenters. The lowest BCUT2D eigenvalue weighted by Crippen LogP contribution is -2.62. The van der Waals surface area contributed by atoms with Crippen LogP contribution in [0.1, 0.15) is 130 Å². The maximum absolute atomic E-state index is 15.3. The van der Waals surface area contributed by atoms with Crippen molar-refractivity contribution in [3.8, 4) is 11.5 Å². The molecular weight excluding hydrogens is 1630 g/mol. The van der Waals surface area contributed by atoms with Crippen LogP contribution >= 0.6 is 12.6 Å². The number of primary amides is 1. The van der Waals surface area contributed by atoms with Gasteiger partial charge in [0.25, 0.3) is 0 Å². The second-order valence-electron chi connectivity index (χ2n) is 31.8. The van der Waals surface area contributed by atoms with Crippen molar-refractivity contribution in [1.82, 2.24) is 79.0 Å². The number of benzene rings is 4. The summed E-state index contributed by atoms with van der Waals surface area (Å²) in [4.78, 5) is 230. The molecular formula is C84H117N19O20S. The Labute approximate surface area is 722 Å². The standard InChI is InChI=1S/C84H117N19O20S/c1-10-45(8)69(81(120)101-68(44(6)7)82(121)103-33-17-23-63(103)78(117)91-55(22-16-32-89-84(87)88)71(110)95-61(39-65(107)108)75(114)98-62(41-124)83(122)123)102-77(116)57(36-49-26-30-52(105)31-27-49)93-72(111)56(35-48-24-28-51(104)29-25-48)92-74(113)60(38-64(86)106)94-73(112)59(37-50-40-90-54-21-15-14-20-53(50)54)97-80(119)67(43(4)5)100-76(115)58(34-47-18-12-11-13-19-47)96-79(118)66(42(2)3)99-70(109)46(9)85/h11-15,18-21,24-31,40,42-46,55-63,66-69,90,104-105,124H,10,16-17,22-23,32-39,41,85H2,1-9H3,(H2,86,106)(H,91,117)(H,92,113)(H,93,111)(H,94,112)(H,95,110)(H,96,118)(H,97,119)(H,98,114)(H,99,109)(H,100,115)(H,101,120)(H,102,116)(H,107,108)(H,122,123)(H4,87,88,89)/t45-,46-,55-,56-,57-,58-,59-,60-,61-,62-,63-,66-,67-,68-,69-/m0/s1. The molecule has 40 heteroatoms. The molecule has 124 heavy (non-hydrogen) atoms. The average Bonchev–Trinajstić information content (AvgIpc) is 1.61. The highest BCUT2D eigenvalue weighted by atomic mass is 32.1. The molecule has 1 aromatic heterocycles. The molecule has 0 spiro atoms. The summed E-state index contributed by atoms with van der Waals surface area (Å²) in [6.45, 7) is 14.5. The highest BCUT2D eigenvalue weighted by Crippen LogP contribution is 2.25. The van der Waals surface area contributed by atoms with Gasteiger partial charge in [0.1, 0.15) is 90.0 Å². The largest absolute Gasteiger partial charge is 0.508 e. The van der Waals surface area contributed by atoms with E-state index in [1.54, 1.807) is 116 Å². The molecule has 4 aromatic carbocycles. The van der Waals surface area contributed by atoms with Gasteiger partial charge in [-0.3, -0.25) is 77.3 Å². The van der Waals surface area contributed by atoms with Gasteiger partial charge in [-0.2, -0.15) is 12.6 Å². The lowest BCUT2D eigenvalue weighted by molar-refractivity contribution is -0.144. The molecule has 5 aromatic rings. The zero-order valence-corrected chi connectivity index (χ0v) is 71.5. The number of thiol groups is 1. The number of hydrogen-bond donors (Lipinski definition) is 23. The van der Waals surface area contributed by atoms with E-state index in [1.807, 2.05) is 0 Å². The van der Waals surface area contributed by atoms with E-state index in [2.05, 4.69) is 86.7 Å². The Kier molecular flexibility index (Phi) is 38.8. The Bertz CT molecular complexity index is 4590. The van der Waals surface area contributed by atoms with Gasteiger partial charge >= 0.3 is 11.9 Å². The summed E-state index contributed by atoms with van der Waals surface area (Å²) in [5.74, 6) is -20.2. The Morgan fingerprint density at radius 1 is 0.484 bits per heavy atom. The van der Waals surface area contributed by atoms with E-state index >= 15 is 19.2 Å². The number of fused-ring (bicyclic) bond motifs is 1. The topological polar surface area (TPSA) is 631 Å². The first kappa shape index (κ1) is 99.9. The minimum Gasteiger partial charge on any atom is -0.508 e. The van der Waals surface area contributed by atoms with Gasteiger partial charge in [0, 0.05) is 61.6 Å². The summed E-state index contributed by atoms with van der Waals surface area (Å²) in [5, 5.41) is 81.8. The molecule has 0 saturated carbocycles. The number of phenolic OH excluding ortho intramolecular Hbond substituents is 2. The predicted octanol–water partition coefficient (Wildman–Crippen LogP) is -1.35. The highest BCUT2D eigenvalue weighted by molar-refractivity contribution is 7.80. The number of aromatic nitrogens is 1. The second kappa shape index (κ2) is 48.1. The first-order valence-corrected chi connectivity index (χ1v) is 41.5. The number of amides is 14. The predicted molar refractivity (Wildman–Crippen MR) is 458 cm³/mol. The van der Waals surface area contributed by atoms with Crippen LogP contribution < -0.4 is 86.3 Å². The maximum atomic E-state index is 15.3. The number of hydrogen-bond acceptors (Lipinski definition) is 21. The van der Waals surface area contributed by atoms with Crippen molar-refractivity contribution in [3.05, 3.63) is 132 Å². The number of aromatic amines is 1. The number of nitrogens with zero attached hydrogens (tertiary/aromatic N) is 1. The second-order valence-corrected chi connectivity index (χ2v) is 32.2. The van der Waals surface area contributed by atoms with E-state index in [4.69, 9.17) is 22.6 Å².